The zero-order chi connectivity index (χ0) is 18.7. The van der Waals surface area contributed by atoms with Gasteiger partial charge >= 0.3 is 0 Å². The average molecular weight is 379 g/mol. The molecule has 1 aliphatic carbocycles. The Hall–Kier alpha value is -1.86. The molecule has 2 atom stereocenters. The number of rotatable bonds is 5. The molecule has 6 nitrogen and oxygen atoms in total. The lowest BCUT2D eigenvalue weighted by Crippen LogP contribution is -2.43. The minimum absolute atomic E-state index is 0.0378. The molecule has 2 aromatic rings. The standard InChI is InChI=1S/C19H25NO5S/c1-24-17-11-5-3-4-9-15(17)20-19(21)18-14(12-26(2,22)23)13-8-6-7-10-16(13)25-18/h6-8,10,15,17H,3-5,9,11-12H2,1-2H3,(H,20,21)/t15-,17-/m0/s1. The van der Waals surface area contributed by atoms with Crippen LogP contribution in [0.25, 0.3) is 11.0 Å². The highest BCUT2D eigenvalue weighted by molar-refractivity contribution is 7.89. The predicted octanol–water partition coefficient (Wildman–Crippen LogP) is 3.05. The average Bonchev–Trinajstić information content (AvgIpc) is 2.79. The van der Waals surface area contributed by atoms with Gasteiger partial charge in [-0.2, -0.15) is 0 Å². The van der Waals surface area contributed by atoms with Gasteiger partial charge in [-0.1, -0.05) is 37.5 Å². The predicted molar refractivity (Wildman–Crippen MR) is 99.9 cm³/mol. The second kappa shape index (κ2) is 7.80. The summed E-state index contributed by atoms with van der Waals surface area (Å²) in [5, 5.41) is 3.67. The highest BCUT2D eigenvalue weighted by atomic mass is 32.2. The third-order valence-corrected chi connectivity index (χ3v) is 5.70. The van der Waals surface area contributed by atoms with Crippen LogP contribution in [-0.4, -0.2) is 39.8 Å². The molecule has 1 aliphatic rings. The molecule has 1 amide bonds. The second-order valence-corrected chi connectivity index (χ2v) is 9.11. The summed E-state index contributed by atoms with van der Waals surface area (Å²) in [6, 6.07) is 7.01. The maximum absolute atomic E-state index is 12.9. The number of furan rings is 1. The summed E-state index contributed by atoms with van der Waals surface area (Å²) in [5.41, 5.74) is 0.934. The van der Waals surface area contributed by atoms with Gasteiger partial charge in [0.1, 0.15) is 5.58 Å². The Morgan fingerprint density at radius 3 is 2.69 bits per heavy atom. The summed E-state index contributed by atoms with van der Waals surface area (Å²) < 4.78 is 35.0. The molecular weight excluding hydrogens is 354 g/mol. The molecule has 3 rings (SSSR count). The number of amides is 1. The Kier molecular flexibility index (Phi) is 5.67. The summed E-state index contributed by atoms with van der Waals surface area (Å²) in [7, 11) is -1.66. The molecule has 0 bridgehead atoms. The summed E-state index contributed by atoms with van der Waals surface area (Å²) in [6.45, 7) is 0. The molecule has 1 N–H and O–H groups in total. The van der Waals surface area contributed by atoms with E-state index in [4.69, 9.17) is 9.15 Å². The fourth-order valence-corrected chi connectivity index (χ4v) is 4.45. The van der Waals surface area contributed by atoms with Gasteiger partial charge in [-0.3, -0.25) is 4.79 Å². The summed E-state index contributed by atoms with van der Waals surface area (Å²) >= 11 is 0. The number of ether oxygens (including phenoxy) is 1. The van der Waals surface area contributed by atoms with E-state index >= 15 is 0 Å². The van der Waals surface area contributed by atoms with Gasteiger partial charge < -0.3 is 14.5 Å². The van der Waals surface area contributed by atoms with Gasteiger partial charge in [0, 0.05) is 24.3 Å². The van der Waals surface area contributed by atoms with E-state index in [9.17, 15) is 13.2 Å². The first-order valence-electron chi connectivity index (χ1n) is 8.91. The molecule has 1 fully saturated rings. The van der Waals surface area contributed by atoms with Crippen LogP contribution >= 0.6 is 0 Å². The lowest BCUT2D eigenvalue weighted by Gasteiger charge is -2.24. The Labute approximate surface area is 153 Å². The Morgan fingerprint density at radius 1 is 1.23 bits per heavy atom. The van der Waals surface area contributed by atoms with Gasteiger partial charge in [0.25, 0.3) is 5.91 Å². The van der Waals surface area contributed by atoms with Crippen molar-refractivity contribution in [1.29, 1.82) is 0 Å². The van der Waals surface area contributed by atoms with Gasteiger partial charge in [0.15, 0.2) is 15.6 Å². The second-order valence-electron chi connectivity index (χ2n) is 6.97. The van der Waals surface area contributed by atoms with E-state index in [0.717, 1.165) is 38.4 Å². The van der Waals surface area contributed by atoms with Crippen LogP contribution in [0.15, 0.2) is 28.7 Å². The van der Waals surface area contributed by atoms with E-state index in [2.05, 4.69) is 5.32 Å². The van der Waals surface area contributed by atoms with Crippen LogP contribution in [0.3, 0.4) is 0 Å². The molecule has 0 saturated heterocycles. The summed E-state index contributed by atoms with van der Waals surface area (Å²) in [4.78, 5) is 12.9. The number of hydrogen-bond donors (Lipinski definition) is 1. The number of para-hydroxylation sites is 1. The Balaban J connectivity index is 1.93. The molecule has 0 unspecified atom stereocenters. The fourth-order valence-electron chi connectivity index (χ4n) is 3.64. The van der Waals surface area contributed by atoms with Crippen LogP contribution in [0.5, 0.6) is 0 Å². The minimum Gasteiger partial charge on any atom is -0.451 e. The lowest BCUT2D eigenvalue weighted by molar-refractivity contribution is 0.0558. The van der Waals surface area contributed by atoms with Gasteiger partial charge in [0.05, 0.1) is 17.9 Å². The normalized spacial score (nSPS) is 21.5. The van der Waals surface area contributed by atoms with Crippen molar-refractivity contribution in [2.45, 2.75) is 50.0 Å². The third-order valence-electron chi connectivity index (χ3n) is 4.88. The lowest BCUT2D eigenvalue weighted by atomic mass is 10.1. The summed E-state index contributed by atoms with van der Waals surface area (Å²) in [5.74, 6) is -0.532. The molecule has 1 aromatic heterocycles. The number of carbonyl (C=O) groups is 1. The highest BCUT2D eigenvalue weighted by Gasteiger charge is 2.29. The largest absolute Gasteiger partial charge is 0.451 e. The topological polar surface area (TPSA) is 85.6 Å². The first kappa shape index (κ1) is 18.9. The number of benzene rings is 1. The van der Waals surface area contributed by atoms with Crippen LogP contribution in [0.4, 0.5) is 0 Å². The van der Waals surface area contributed by atoms with Gasteiger partial charge in [-0.05, 0) is 18.9 Å². The fraction of sp³-hybridized carbons (Fsp3) is 0.526. The van der Waals surface area contributed by atoms with Crippen molar-refractivity contribution in [2.75, 3.05) is 13.4 Å². The molecule has 0 radical (unpaired) electrons. The van der Waals surface area contributed by atoms with Crippen molar-refractivity contribution < 1.29 is 22.4 Å². The van der Waals surface area contributed by atoms with Crippen molar-refractivity contribution in [3.63, 3.8) is 0 Å². The number of methoxy groups -OCH3 is 1. The number of hydrogen-bond acceptors (Lipinski definition) is 5. The number of nitrogens with one attached hydrogen (secondary N) is 1. The number of fused-ring (bicyclic) bond motifs is 1. The van der Waals surface area contributed by atoms with E-state index in [0.29, 0.717) is 16.5 Å². The van der Waals surface area contributed by atoms with Crippen LogP contribution in [-0.2, 0) is 20.3 Å². The van der Waals surface area contributed by atoms with Crippen molar-refractivity contribution in [2.24, 2.45) is 0 Å². The molecule has 0 aliphatic heterocycles. The molecular formula is C19H25NO5S. The SMILES string of the molecule is CO[C@H]1CCCCC[C@@H]1NC(=O)c1oc2ccccc2c1CS(C)(=O)=O. The molecule has 26 heavy (non-hydrogen) atoms. The van der Waals surface area contributed by atoms with Crippen molar-refractivity contribution in [3.05, 3.63) is 35.6 Å². The van der Waals surface area contributed by atoms with E-state index in [1.54, 1.807) is 31.4 Å². The Morgan fingerprint density at radius 2 is 1.96 bits per heavy atom. The Bertz CT molecular complexity index is 886. The van der Waals surface area contributed by atoms with Crippen LogP contribution in [0, 0.1) is 0 Å². The third kappa shape index (κ3) is 4.27. The van der Waals surface area contributed by atoms with E-state index in [1.807, 2.05) is 0 Å². The maximum Gasteiger partial charge on any atom is 0.287 e. The zero-order valence-corrected chi connectivity index (χ0v) is 16.0. The van der Waals surface area contributed by atoms with E-state index in [-0.39, 0.29) is 29.6 Å². The van der Waals surface area contributed by atoms with Crippen LogP contribution < -0.4 is 5.32 Å². The van der Waals surface area contributed by atoms with E-state index < -0.39 is 9.84 Å². The van der Waals surface area contributed by atoms with Gasteiger partial charge in [-0.25, -0.2) is 8.42 Å². The number of sulfone groups is 1. The zero-order valence-electron chi connectivity index (χ0n) is 15.2. The molecule has 1 aromatic carbocycles. The van der Waals surface area contributed by atoms with E-state index in [1.165, 1.54) is 0 Å². The number of carbonyl (C=O) groups excluding carboxylic acids is 1. The van der Waals surface area contributed by atoms with Crippen LogP contribution in [0.1, 0.15) is 48.2 Å². The first-order chi connectivity index (χ1) is 12.4. The maximum atomic E-state index is 12.9. The molecule has 142 valence electrons. The minimum atomic E-state index is -3.31. The molecule has 1 saturated carbocycles. The highest BCUT2D eigenvalue weighted by Crippen LogP contribution is 2.28. The molecule has 1 heterocycles. The van der Waals surface area contributed by atoms with Crippen LogP contribution in [0.2, 0.25) is 0 Å². The first-order valence-corrected chi connectivity index (χ1v) is 11.0. The summed E-state index contributed by atoms with van der Waals surface area (Å²) in [6.07, 6.45) is 6.09. The quantitative estimate of drug-likeness (QED) is 0.807. The van der Waals surface area contributed by atoms with Gasteiger partial charge in [-0.15, -0.1) is 0 Å². The molecule has 7 heteroatoms. The van der Waals surface area contributed by atoms with Gasteiger partial charge in [0.2, 0.25) is 0 Å². The van der Waals surface area contributed by atoms with Crippen molar-refractivity contribution in [3.8, 4) is 0 Å². The smallest absolute Gasteiger partial charge is 0.287 e. The monoisotopic (exact) mass is 379 g/mol. The van der Waals surface area contributed by atoms with Crippen molar-refractivity contribution in [1.82, 2.24) is 5.32 Å². The van der Waals surface area contributed by atoms with Crippen molar-refractivity contribution >= 4 is 26.7 Å². The molecule has 0 spiro atoms.